The number of nitrogens with zero attached hydrogens (tertiary/aromatic N) is 2. The van der Waals surface area contributed by atoms with E-state index in [-0.39, 0.29) is 0 Å². The molecule has 0 amide bonds. The summed E-state index contributed by atoms with van der Waals surface area (Å²) in [6.45, 7) is 4.46. The van der Waals surface area contributed by atoms with Gasteiger partial charge < -0.3 is 10.2 Å². The molecule has 3 heteroatoms. The molecule has 0 unspecified atom stereocenters. The molecule has 2 heterocycles. The van der Waals surface area contributed by atoms with Gasteiger partial charge in [-0.15, -0.1) is 0 Å². The molecule has 1 aliphatic carbocycles. The predicted molar refractivity (Wildman–Crippen MR) is 66.6 cm³/mol. The molecule has 3 aliphatic rings. The second-order valence-electron chi connectivity index (χ2n) is 5.68. The van der Waals surface area contributed by atoms with Crippen molar-refractivity contribution >= 4 is 5.96 Å². The van der Waals surface area contributed by atoms with Gasteiger partial charge in [-0.1, -0.05) is 19.3 Å². The van der Waals surface area contributed by atoms with Gasteiger partial charge in [0.2, 0.25) is 0 Å². The Hall–Kier alpha value is -0.730. The van der Waals surface area contributed by atoms with Crippen LogP contribution in [0, 0.1) is 5.41 Å². The van der Waals surface area contributed by atoms with Crippen molar-refractivity contribution in [1.82, 2.24) is 10.2 Å². The van der Waals surface area contributed by atoms with Gasteiger partial charge in [0.1, 0.15) is 0 Å². The van der Waals surface area contributed by atoms with E-state index >= 15 is 0 Å². The molecule has 3 nitrogen and oxygen atoms in total. The number of likely N-dealkylation sites (tertiary alicyclic amines) is 1. The smallest absolute Gasteiger partial charge is 0.194 e. The summed E-state index contributed by atoms with van der Waals surface area (Å²) in [4.78, 5) is 6.99. The molecule has 16 heavy (non-hydrogen) atoms. The largest absolute Gasteiger partial charge is 0.354 e. The van der Waals surface area contributed by atoms with Crippen molar-refractivity contribution in [3.8, 4) is 0 Å². The first-order chi connectivity index (χ1) is 7.88. The number of piperidine rings is 1. The van der Waals surface area contributed by atoms with Crippen LogP contribution in [0.15, 0.2) is 4.99 Å². The van der Waals surface area contributed by atoms with E-state index in [1.54, 1.807) is 0 Å². The Kier molecular flexibility index (Phi) is 2.78. The highest BCUT2D eigenvalue weighted by Crippen LogP contribution is 2.44. The lowest BCUT2D eigenvalue weighted by Gasteiger charge is -2.44. The van der Waals surface area contributed by atoms with Crippen LogP contribution in [0.4, 0.5) is 0 Å². The summed E-state index contributed by atoms with van der Waals surface area (Å²) in [7, 11) is 0. The lowest BCUT2D eigenvalue weighted by molar-refractivity contribution is 0.0967. The van der Waals surface area contributed by atoms with Crippen molar-refractivity contribution in [2.75, 3.05) is 26.2 Å². The van der Waals surface area contributed by atoms with E-state index in [0.717, 1.165) is 13.1 Å². The normalized spacial score (nSPS) is 29.0. The zero-order valence-corrected chi connectivity index (χ0v) is 10.2. The van der Waals surface area contributed by atoms with Crippen molar-refractivity contribution in [3.05, 3.63) is 0 Å². The number of hydrogen-bond donors (Lipinski definition) is 1. The fourth-order valence-corrected chi connectivity index (χ4v) is 3.59. The predicted octanol–water partition coefficient (Wildman–Crippen LogP) is 1.99. The molecule has 1 spiro atoms. The third kappa shape index (κ3) is 1.92. The molecule has 0 aromatic carbocycles. The first-order valence-electron chi connectivity index (χ1n) is 6.91. The van der Waals surface area contributed by atoms with Gasteiger partial charge in [-0.25, -0.2) is 0 Å². The Morgan fingerprint density at radius 2 is 1.75 bits per heavy atom. The zero-order chi connectivity index (χ0) is 10.8. The number of aliphatic imine (C=N–C) groups is 1. The minimum atomic E-state index is 0.716. The van der Waals surface area contributed by atoms with Crippen molar-refractivity contribution in [2.24, 2.45) is 10.4 Å². The van der Waals surface area contributed by atoms with Gasteiger partial charge in [0.05, 0.1) is 6.54 Å². The van der Waals surface area contributed by atoms with Crippen molar-refractivity contribution < 1.29 is 0 Å². The summed E-state index contributed by atoms with van der Waals surface area (Å²) in [6.07, 6.45) is 10.2. The van der Waals surface area contributed by atoms with Crippen LogP contribution < -0.4 is 5.32 Å². The van der Waals surface area contributed by atoms with Crippen LogP contribution in [0.3, 0.4) is 0 Å². The average molecular weight is 221 g/mol. The Morgan fingerprint density at radius 3 is 2.38 bits per heavy atom. The topological polar surface area (TPSA) is 27.6 Å². The molecule has 0 atom stereocenters. The van der Waals surface area contributed by atoms with Crippen molar-refractivity contribution in [2.45, 2.75) is 44.9 Å². The first kappa shape index (κ1) is 10.4. The lowest BCUT2D eigenvalue weighted by Crippen LogP contribution is -2.47. The monoisotopic (exact) mass is 221 g/mol. The second kappa shape index (κ2) is 4.27. The van der Waals surface area contributed by atoms with E-state index in [1.165, 1.54) is 64.0 Å². The van der Waals surface area contributed by atoms with Gasteiger partial charge in [-0.2, -0.15) is 0 Å². The Morgan fingerprint density at radius 1 is 1.00 bits per heavy atom. The standard InChI is InChI=1S/C13H23N3/c1-2-4-13(5-3-1)6-10-16(11-7-13)12-14-8-9-15-12/h1-11H2,(H,14,15). The minimum absolute atomic E-state index is 0.716. The summed E-state index contributed by atoms with van der Waals surface area (Å²) in [5, 5.41) is 3.39. The highest BCUT2D eigenvalue weighted by atomic mass is 15.3. The van der Waals surface area contributed by atoms with Crippen LogP contribution in [0.2, 0.25) is 0 Å². The van der Waals surface area contributed by atoms with E-state index in [0.29, 0.717) is 5.41 Å². The summed E-state index contributed by atoms with van der Waals surface area (Å²) in [6, 6.07) is 0. The van der Waals surface area contributed by atoms with E-state index in [4.69, 9.17) is 0 Å². The fourth-order valence-electron chi connectivity index (χ4n) is 3.59. The van der Waals surface area contributed by atoms with Crippen LogP contribution in [-0.4, -0.2) is 37.0 Å². The van der Waals surface area contributed by atoms with E-state index in [9.17, 15) is 0 Å². The molecule has 0 aromatic heterocycles. The number of guanidine groups is 1. The summed E-state index contributed by atoms with van der Waals surface area (Å²) >= 11 is 0. The number of nitrogens with one attached hydrogen (secondary N) is 1. The maximum atomic E-state index is 4.52. The fraction of sp³-hybridized carbons (Fsp3) is 0.923. The maximum Gasteiger partial charge on any atom is 0.194 e. The van der Waals surface area contributed by atoms with Gasteiger partial charge in [0.25, 0.3) is 0 Å². The van der Waals surface area contributed by atoms with Crippen LogP contribution >= 0.6 is 0 Å². The highest BCUT2D eigenvalue weighted by Gasteiger charge is 2.36. The van der Waals surface area contributed by atoms with E-state index in [1.807, 2.05) is 0 Å². The summed E-state index contributed by atoms with van der Waals surface area (Å²) in [5.41, 5.74) is 0.716. The first-order valence-corrected chi connectivity index (χ1v) is 6.91. The summed E-state index contributed by atoms with van der Waals surface area (Å²) in [5.74, 6) is 1.17. The SMILES string of the molecule is C1CCC2(CC1)CCN(C1=NCCN1)CC2. The molecule has 0 radical (unpaired) electrons. The van der Waals surface area contributed by atoms with Crippen LogP contribution in [0.5, 0.6) is 0 Å². The molecule has 2 fully saturated rings. The third-order valence-corrected chi connectivity index (χ3v) is 4.69. The van der Waals surface area contributed by atoms with Gasteiger partial charge in [0, 0.05) is 19.6 Å². The van der Waals surface area contributed by atoms with E-state index < -0.39 is 0 Å². The van der Waals surface area contributed by atoms with Gasteiger partial charge in [-0.05, 0) is 31.1 Å². The van der Waals surface area contributed by atoms with Crippen LogP contribution in [0.1, 0.15) is 44.9 Å². The molecule has 1 saturated carbocycles. The summed E-state index contributed by atoms with van der Waals surface area (Å²) < 4.78 is 0. The van der Waals surface area contributed by atoms with Gasteiger partial charge >= 0.3 is 0 Å². The highest BCUT2D eigenvalue weighted by molar-refractivity contribution is 5.81. The molecule has 0 bridgehead atoms. The molecule has 0 aromatic rings. The average Bonchev–Trinajstić information content (AvgIpc) is 2.85. The zero-order valence-electron chi connectivity index (χ0n) is 10.2. The molecular weight excluding hydrogens is 198 g/mol. The molecule has 90 valence electrons. The molecule has 2 aliphatic heterocycles. The van der Waals surface area contributed by atoms with Crippen LogP contribution in [-0.2, 0) is 0 Å². The second-order valence-corrected chi connectivity index (χ2v) is 5.68. The Labute approximate surface area is 98.3 Å². The lowest BCUT2D eigenvalue weighted by atomic mass is 9.68. The minimum Gasteiger partial charge on any atom is -0.354 e. The van der Waals surface area contributed by atoms with Gasteiger partial charge in [0.15, 0.2) is 5.96 Å². The van der Waals surface area contributed by atoms with E-state index in [2.05, 4.69) is 15.2 Å². The van der Waals surface area contributed by atoms with Crippen molar-refractivity contribution in [3.63, 3.8) is 0 Å². The molecule has 3 rings (SSSR count). The number of hydrogen-bond acceptors (Lipinski definition) is 3. The Balaban J connectivity index is 1.58. The molecular formula is C13H23N3. The maximum absolute atomic E-state index is 4.52. The third-order valence-electron chi connectivity index (χ3n) is 4.69. The molecule has 1 saturated heterocycles. The quantitative estimate of drug-likeness (QED) is 0.677. The van der Waals surface area contributed by atoms with Gasteiger partial charge in [-0.3, -0.25) is 4.99 Å². The molecule has 1 N–H and O–H groups in total. The van der Waals surface area contributed by atoms with Crippen LogP contribution in [0.25, 0.3) is 0 Å². The van der Waals surface area contributed by atoms with Crippen molar-refractivity contribution in [1.29, 1.82) is 0 Å². The Bertz CT molecular complexity index is 269. The number of rotatable bonds is 0.